The third-order valence-electron chi connectivity index (χ3n) is 3.19. The van der Waals surface area contributed by atoms with Crippen LogP contribution in [0, 0.1) is 5.82 Å². The van der Waals surface area contributed by atoms with Crippen LogP contribution in [0.25, 0.3) is 0 Å². The van der Waals surface area contributed by atoms with Crippen LogP contribution in [-0.2, 0) is 0 Å². The summed E-state index contributed by atoms with van der Waals surface area (Å²) in [6.45, 7) is 0.160. The zero-order valence-corrected chi connectivity index (χ0v) is 12.7. The van der Waals surface area contributed by atoms with Gasteiger partial charge in [0, 0.05) is 11.0 Å². The van der Waals surface area contributed by atoms with Gasteiger partial charge in [-0.2, -0.15) is 11.8 Å². The molecule has 1 aromatic rings. The van der Waals surface area contributed by atoms with E-state index in [4.69, 9.17) is 0 Å². The molecular weight excluding hydrogens is 333 g/mol. The molecule has 0 bridgehead atoms. The minimum absolute atomic E-state index is 0.0173. The van der Waals surface area contributed by atoms with E-state index in [-0.39, 0.29) is 12.1 Å². The molecule has 0 radical (unpaired) electrons. The lowest BCUT2D eigenvalue weighted by molar-refractivity contribution is 0.0310. The first-order valence-electron chi connectivity index (χ1n) is 6.04. The van der Waals surface area contributed by atoms with E-state index in [1.165, 1.54) is 12.1 Å². The molecule has 104 valence electrons. The zero-order chi connectivity index (χ0) is 13.9. The van der Waals surface area contributed by atoms with E-state index >= 15 is 0 Å². The van der Waals surface area contributed by atoms with Crippen molar-refractivity contribution in [3.63, 3.8) is 0 Å². The molecule has 1 aromatic carbocycles. The molecule has 0 aliphatic carbocycles. The molecular formula is C13H15BrFNO2S. The summed E-state index contributed by atoms with van der Waals surface area (Å²) in [7, 11) is 0. The second kappa shape index (κ2) is 6.24. The van der Waals surface area contributed by atoms with Crippen LogP contribution < -0.4 is 5.32 Å². The summed E-state index contributed by atoms with van der Waals surface area (Å²) < 4.78 is 14.0. The first-order valence-corrected chi connectivity index (χ1v) is 7.99. The van der Waals surface area contributed by atoms with Crippen molar-refractivity contribution < 1.29 is 14.3 Å². The van der Waals surface area contributed by atoms with Gasteiger partial charge >= 0.3 is 0 Å². The van der Waals surface area contributed by atoms with Crippen molar-refractivity contribution in [2.24, 2.45) is 0 Å². The van der Waals surface area contributed by atoms with Gasteiger partial charge in [-0.25, -0.2) is 4.39 Å². The summed E-state index contributed by atoms with van der Waals surface area (Å²) >= 11 is 4.95. The molecule has 1 aliphatic heterocycles. The topological polar surface area (TPSA) is 49.3 Å². The van der Waals surface area contributed by atoms with Crippen molar-refractivity contribution in [1.82, 2.24) is 5.32 Å². The molecule has 0 aromatic heterocycles. The molecule has 0 unspecified atom stereocenters. The molecule has 3 nitrogen and oxygen atoms in total. The standard InChI is InChI=1S/C13H15BrFNO2S/c14-9-2-1-3-10(15)11(9)12(17)16-8-13(18)4-6-19-7-5-13/h1-3,18H,4-8H2,(H,16,17). The number of carbonyl (C=O) groups excluding carboxylic acids is 1. The average Bonchev–Trinajstić information content (AvgIpc) is 2.37. The maximum atomic E-state index is 13.6. The van der Waals surface area contributed by atoms with Gasteiger partial charge in [0.25, 0.3) is 5.91 Å². The Bertz CT molecular complexity index is 457. The number of rotatable bonds is 3. The highest BCUT2D eigenvalue weighted by molar-refractivity contribution is 9.10. The van der Waals surface area contributed by atoms with Crippen molar-refractivity contribution >= 4 is 33.6 Å². The second-order valence-electron chi connectivity index (χ2n) is 4.62. The summed E-state index contributed by atoms with van der Waals surface area (Å²) in [4.78, 5) is 12.0. The van der Waals surface area contributed by atoms with Crippen molar-refractivity contribution in [3.8, 4) is 0 Å². The molecule has 1 heterocycles. The van der Waals surface area contributed by atoms with Gasteiger partial charge in [0.1, 0.15) is 5.82 Å². The molecule has 0 spiro atoms. The fourth-order valence-electron chi connectivity index (χ4n) is 1.98. The zero-order valence-electron chi connectivity index (χ0n) is 10.3. The van der Waals surface area contributed by atoms with E-state index in [9.17, 15) is 14.3 Å². The predicted octanol–water partition coefficient (Wildman–Crippen LogP) is 2.58. The molecule has 19 heavy (non-hydrogen) atoms. The van der Waals surface area contributed by atoms with Gasteiger partial charge in [-0.1, -0.05) is 6.07 Å². The van der Waals surface area contributed by atoms with E-state index in [1.807, 2.05) is 0 Å². The number of aliphatic hydroxyl groups is 1. The number of halogens is 2. The van der Waals surface area contributed by atoms with Crippen LogP contribution in [0.5, 0.6) is 0 Å². The van der Waals surface area contributed by atoms with Crippen LogP contribution >= 0.6 is 27.7 Å². The van der Waals surface area contributed by atoms with E-state index in [1.54, 1.807) is 17.8 Å². The van der Waals surface area contributed by atoms with Gasteiger partial charge < -0.3 is 10.4 Å². The number of hydrogen-bond donors (Lipinski definition) is 2. The Hall–Kier alpha value is -0.590. The number of amides is 1. The molecule has 0 atom stereocenters. The quantitative estimate of drug-likeness (QED) is 0.883. The van der Waals surface area contributed by atoms with Crippen molar-refractivity contribution in [3.05, 3.63) is 34.1 Å². The van der Waals surface area contributed by atoms with Crippen LogP contribution in [0.4, 0.5) is 4.39 Å². The lowest BCUT2D eigenvalue weighted by Gasteiger charge is -2.31. The van der Waals surface area contributed by atoms with E-state index in [2.05, 4.69) is 21.2 Å². The Labute approximate surface area is 124 Å². The van der Waals surface area contributed by atoms with Gasteiger partial charge in [-0.3, -0.25) is 4.79 Å². The highest BCUT2D eigenvalue weighted by Gasteiger charge is 2.30. The predicted molar refractivity (Wildman–Crippen MR) is 77.9 cm³/mol. The number of carbonyl (C=O) groups is 1. The lowest BCUT2D eigenvalue weighted by atomic mass is 9.97. The minimum atomic E-state index is -0.862. The van der Waals surface area contributed by atoms with Gasteiger partial charge in [0.2, 0.25) is 0 Å². The van der Waals surface area contributed by atoms with E-state index < -0.39 is 17.3 Å². The fourth-order valence-corrected chi connectivity index (χ4v) is 3.75. The van der Waals surface area contributed by atoms with Gasteiger partial charge in [0.05, 0.1) is 11.2 Å². The van der Waals surface area contributed by atoms with Crippen LogP contribution in [0.3, 0.4) is 0 Å². The van der Waals surface area contributed by atoms with Crippen LogP contribution in [0.15, 0.2) is 22.7 Å². The maximum Gasteiger partial charge on any atom is 0.255 e. The average molecular weight is 348 g/mol. The molecule has 2 N–H and O–H groups in total. The largest absolute Gasteiger partial charge is 0.388 e. The first kappa shape index (κ1) is 14.8. The van der Waals surface area contributed by atoms with Gasteiger partial charge in [-0.05, 0) is 52.4 Å². The minimum Gasteiger partial charge on any atom is -0.388 e. The highest BCUT2D eigenvalue weighted by atomic mass is 79.9. The third kappa shape index (κ3) is 3.70. The number of nitrogens with one attached hydrogen (secondary N) is 1. The first-order chi connectivity index (χ1) is 9.02. The Kier molecular flexibility index (Phi) is 4.86. The molecule has 6 heteroatoms. The Balaban J connectivity index is 2.01. The second-order valence-corrected chi connectivity index (χ2v) is 6.70. The van der Waals surface area contributed by atoms with E-state index in [0.29, 0.717) is 17.3 Å². The fraction of sp³-hybridized carbons (Fsp3) is 0.462. The van der Waals surface area contributed by atoms with Gasteiger partial charge in [-0.15, -0.1) is 0 Å². The van der Waals surface area contributed by atoms with Crippen molar-refractivity contribution in [2.75, 3.05) is 18.1 Å². The summed E-state index contributed by atoms with van der Waals surface area (Å²) in [5, 5.41) is 12.9. The molecule has 1 amide bonds. The van der Waals surface area contributed by atoms with E-state index in [0.717, 1.165) is 11.5 Å². The Morgan fingerprint density at radius 2 is 2.16 bits per heavy atom. The number of thioether (sulfide) groups is 1. The Morgan fingerprint density at radius 1 is 1.47 bits per heavy atom. The molecule has 1 saturated heterocycles. The third-order valence-corrected chi connectivity index (χ3v) is 4.84. The smallest absolute Gasteiger partial charge is 0.255 e. The SMILES string of the molecule is O=C(NCC1(O)CCSCC1)c1c(F)cccc1Br. The maximum absolute atomic E-state index is 13.6. The molecule has 0 saturated carbocycles. The number of benzene rings is 1. The normalized spacial score (nSPS) is 18.1. The van der Waals surface area contributed by atoms with Gasteiger partial charge in [0.15, 0.2) is 0 Å². The monoisotopic (exact) mass is 347 g/mol. The summed E-state index contributed by atoms with van der Waals surface area (Å²) in [6.07, 6.45) is 1.30. The summed E-state index contributed by atoms with van der Waals surface area (Å²) in [6, 6.07) is 4.39. The summed E-state index contributed by atoms with van der Waals surface area (Å²) in [5.41, 5.74) is -0.880. The van der Waals surface area contributed by atoms with Crippen LogP contribution in [0.2, 0.25) is 0 Å². The van der Waals surface area contributed by atoms with Crippen LogP contribution in [0.1, 0.15) is 23.2 Å². The molecule has 1 aliphatic rings. The van der Waals surface area contributed by atoms with Crippen LogP contribution in [-0.4, -0.2) is 34.7 Å². The number of hydrogen-bond acceptors (Lipinski definition) is 3. The molecule has 1 fully saturated rings. The van der Waals surface area contributed by atoms with Crippen molar-refractivity contribution in [2.45, 2.75) is 18.4 Å². The lowest BCUT2D eigenvalue weighted by Crippen LogP contribution is -2.45. The van der Waals surface area contributed by atoms with Crippen molar-refractivity contribution in [1.29, 1.82) is 0 Å². The highest BCUT2D eigenvalue weighted by Crippen LogP contribution is 2.26. The molecule has 2 rings (SSSR count). The summed E-state index contributed by atoms with van der Waals surface area (Å²) in [5.74, 6) is 0.695. The Morgan fingerprint density at radius 3 is 2.79 bits per heavy atom.